The molecule has 140 valence electrons. The first-order valence-corrected chi connectivity index (χ1v) is 9.87. The SMILES string of the molecule is COc1ccccc1N1CCC(NC(=O)Cc2csc(C(C)(C)C)n2)C1. The second kappa shape index (κ2) is 7.66. The molecule has 0 aliphatic carbocycles. The number of anilines is 1. The lowest BCUT2D eigenvalue weighted by atomic mass is 9.98. The molecule has 3 rings (SSSR count). The minimum absolute atomic E-state index is 0.0279. The molecule has 1 amide bonds. The molecule has 2 aromatic rings. The molecular formula is C20H27N3O2S. The number of benzene rings is 1. The summed E-state index contributed by atoms with van der Waals surface area (Å²) in [6, 6.07) is 8.17. The zero-order valence-corrected chi connectivity index (χ0v) is 16.7. The molecular weight excluding hydrogens is 346 g/mol. The number of amides is 1. The van der Waals surface area contributed by atoms with Crippen molar-refractivity contribution >= 4 is 22.9 Å². The van der Waals surface area contributed by atoms with Gasteiger partial charge in [0.1, 0.15) is 5.75 Å². The number of carbonyl (C=O) groups excluding carboxylic acids is 1. The average Bonchev–Trinajstić information content (AvgIpc) is 3.24. The summed E-state index contributed by atoms with van der Waals surface area (Å²) in [7, 11) is 1.69. The Balaban J connectivity index is 1.55. The van der Waals surface area contributed by atoms with E-state index in [0.717, 1.165) is 41.6 Å². The normalized spacial score (nSPS) is 17.4. The number of thiazole rings is 1. The number of methoxy groups -OCH3 is 1. The third-order valence-corrected chi connectivity index (χ3v) is 5.83. The fourth-order valence-electron chi connectivity index (χ4n) is 3.16. The lowest BCUT2D eigenvalue weighted by Gasteiger charge is -2.21. The Morgan fingerprint density at radius 2 is 2.15 bits per heavy atom. The number of hydrogen-bond acceptors (Lipinski definition) is 5. The van der Waals surface area contributed by atoms with Gasteiger partial charge in [-0.15, -0.1) is 11.3 Å². The molecule has 1 saturated heterocycles. The van der Waals surface area contributed by atoms with Crippen LogP contribution in [0.1, 0.15) is 37.9 Å². The number of aromatic nitrogens is 1. The topological polar surface area (TPSA) is 54.5 Å². The zero-order valence-electron chi connectivity index (χ0n) is 15.9. The van der Waals surface area contributed by atoms with Crippen molar-refractivity contribution in [3.8, 4) is 5.75 Å². The second-order valence-corrected chi connectivity index (χ2v) is 8.60. The quantitative estimate of drug-likeness (QED) is 0.873. The maximum Gasteiger partial charge on any atom is 0.226 e. The maximum atomic E-state index is 12.4. The largest absolute Gasteiger partial charge is 0.495 e. The molecule has 1 aromatic heterocycles. The van der Waals surface area contributed by atoms with Crippen molar-refractivity contribution in [2.75, 3.05) is 25.1 Å². The number of nitrogens with zero attached hydrogens (tertiary/aromatic N) is 2. The van der Waals surface area contributed by atoms with Crippen molar-refractivity contribution in [2.45, 2.75) is 45.1 Å². The van der Waals surface area contributed by atoms with Crippen LogP contribution in [-0.4, -0.2) is 37.1 Å². The number of hydrogen-bond donors (Lipinski definition) is 1. The summed E-state index contributed by atoms with van der Waals surface area (Å²) in [4.78, 5) is 19.3. The van der Waals surface area contributed by atoms with Crippen molar-refractivity contribution in [2.24, 2.45) is 0 Å². The number of para-hydroxylation sites is 2. The third kappa shape index (κ3) is 4.36. The zero-order chi connectivity index (χ0) is 18.7. The smallest absolute Gasteiger partial charge is 0.226 e. The van der Waals surface area contributed by atoms with Crippen molar-refractivity contribution in [3.63, 3.8) is 0 Å². The molecule has 0 radical (unpaired) electrons. The van der Waals surface area contributed by atoms with Crippen molar-refractivity contribution in [1.82, 2.24) is 10.3 Å². The van der Waals surface area contributed by atoms with E-state index in [1.165, 1.54) is 0 Å². The van der Waals surface area contributed by atoms with Gasteiger partial charge >= 0.3 is 0 Å². The number of ether oxygens (including phenoxy) is 1. The summed E-state index contributed by atoms with van der Waals surface area (Å²) >= 11 is 1.63. The van der Waals surface area contributed by atoms with E-state index in [0.29, 0.717) is 6.42 Å². The van der Waals surface area contributed by atoms with E-state index >= 15 is 0 Å². The molecule has 5 nitrogen and oxygen atoms in total. The molecule has 1 aliphatic rings. The summed E-state index contributed by atoms with van der Waals surface area (Å²) in [6.45, 7) is 8.13. The predicted molar refractivity (Wildman–Crippen MR) is 106 cm³/mol. The lowest BCUT2D eigenvalue weighted by Crippen LogP contribution is -2.38. The molecule has 0 bridgehead atoms. The van der Waals surface area contributed by atoms with Crippen LogP contribution in [-0.2, 0) is 16.6 Å². The Bertz CT molecular complexity index is 766. The Hall–Kier alpha value is -2.08. The van der Waals surface area contributed by atoms with E-state index in [9.17, 15) is 4.79 Å². The lowest BCUT2D eigenvalue weighted by molar-refractivity contribution is -0.121. The molecule has 1 N–H and O–H groups in total. The highest BCUT2D eigenvalue weighted by Crippen LogP contribution is 2.30. The standard InChI is InChI=1S/C20H27N3O2S/c1-20(2,3)19-22-15(13-26-19)11-18(24)21-14-9-10-23(12-14)16-7-5-6-8-17(16)25-4/h5-8,13-14H,9-12H2,1-4H3,(H,21,24). The number of carbonyl (C=O) groups is 1. The number of nitrogens with one attached hydrogen (secondary N) is 1. The third-order valence-electron chi connectivity index (χ3n) is 4.51. The highest BCUT2D eigenvalue weighted by Gasteiger charge is 2.26. The van der Waals surface area contributed by atoms with Crippen LogP contribution in [0.5, 0.6) is 5.75 Å². The Morgan fingerprint density at radius 3 is 2.85 bits per heavy atom. The fourth-order valence-corrected chi connectivity index (χ4v) is 4.07. The summed E-state index contributed by atoms with van der Waals surface area (Å²) in [5, 5.41) is 6.22. The van der Waals surface area contributed by atoms with E-state index in [-0.39, 0.29) is 17.4 Å². The van der Waals surface area contributed by atoms with Gasteiger partial charge in [0.05, 0.1) is 29.9 Å². The Labute approximate surface area is 159 Å². The van der Waals surface area contributed by atoms with Gasteiger partial charge in [0.15, 0.2) is 0 Å². The molecule has 26 heavy (non-hydrogen) atoms. The minimum Gasteiger partial charge on any atom is -0.495 e. The second-order valence-electron chi connectivity index (χ2n) is 7.74. The molecule has 0 spiro atoms. The van der Waals surface area contributed by atoms with E-state index in [4.69, 9.17) is 4.74 Å². The highest BCUT2D eigenvalue weighted by atomic mass is 32.1. The monoisotopic (exact) mass is 373 g/mol. The minimum atomic E-state index is 0.0279. The molecule has 1 aromatic carbocycles. The van der Waals surface area contributed by atoms with Gasteiger partial charge in [-0.25, -0.2) is 4.98 Å². The van der Waals surface area contributed by atoms with Crippen molar-refractivity contribution < 1.29 is 9.53 Å². The maximum absolute atomic E-state index is 12.4. The molecule has 1 unspecified atom stereocenters. The average molecular weight is 374 g/mol. The van der Waals surface area contributed by atoms with Crippen LogP contribution in [0.4, 0.5) is 5.69 Å². The van der Waals surface area contributed by atoms with Gasteiger partial charge in [-0.3, -0.25) is 4.79 Å². The molecule has 0 saturated carbocycles. The van der Waals surface area contributed by atoms with Crippen LogP contribution in [0, 0.1) is 0 Å². The Kier molecular flexibility index (Phi) is 5.51. The van der Waals surface area contributed by atoms with Gasteiger partial charge in [0.2, 0.25) is 5.91 Å². The molecule has 6 heteroatoms. The molecule has 1 aliphatic heterocycles. The summed E-state index contributed by atoms with van der Waals surface area (Å²) in [6.07, 6.45) is 1.28. The van der Waals surface area contributed by atoms with Crippen LogP contribution < -0.4 is 15.0 Å². The van der Waals surface area contributed by atoms with Gasteiger partial charge in [-0.1, -0.05) is 32.9 Å². The fraction of sp³-hybridized carbons (Fsp3) is 0.500. The van der Waals surface area contributed by atoms with Gasteiger partial charge in [0, 0.05) is 29.9 Å². The van der Waals surface area contributed by atoms with E-state index in [1.807, 2.05) is 23.6 Å². The van der Waals surface area contributed by atoms with Gasteiger partial charge in [-0.2, -0.15) is 0 Å². The highest BCUT2D eigenvalue weighted by molar-refractivity contribution is 7.09. The van der Waals surface area contributed by atoms with Crippen molar-refractivity contribution in [3.05, 3.63) is 40.3 Å². The van der Waals surface area contributed by atoms with Crippen LogP contribution >= 0.6 is 11.3 Å². The van der Waals surface area contributed by atoms with E-state index < -0.39 is 0 Å². The van der Waals surface area contributed by atoms with E-state index in [1.54, 1.807) is 18.4 Å². The van der Waals surface area contributed by atoms with Crippen molar-refractivity contribution in [1.29, 1.82) is 0 Å². The summed E-state index contributed by atoms with van der Waals surface area (Å²) in [5.41, 5.74) is 1.97. The van der Waals surface area contributed by atoms with Gasteiger partial charge in [-0.05, 0) is 18.6 Å². The predicted octanol–water partition coefficient (Wildman–Crippen LogP) is 3.39. The molecule has 2 heterocycles. The van der Waals surface area contributed by atoms with Crippen LogP contribution in [0.25, 0.3) is 0 Å². The Morgan fingerprint density at radius 1 is 1.38 bits per heavy atom. The first-order chi connectivity index (χ1) is 12.4. The van der Waals surface area contributed by atoms with Gasteiger partial charge < -0.3 is 15.0 Å². The number of rotatable bonds is 5. The first-order valence-electron chi connectivity index (χ1n) is 8.99. The van der Waals surface area contributed by atoms with Crippen LogP contribution in [0.3, 0.4) is 0 Å². The van der Waals surface area contributed by atoms with Gasteiger partial charge in [0.25, 0.3) is 0 Å². The summed E-state index contributed by atoms with van der Waals surface area (Å²) in [5.74, 6) is 0.916. The summed E-state index contributed by atoms with van der Waals surface area (Å²) < 4.78 is 5.45. The van der Waals surface area contributed by atoms with E-state index in [2.05, 4.69) is 42.0 Å². The van der Waals surface area contributed by atoms with Crippen LogP contribution in [0.15, 0.2) is 29.6 Å². The molecule has 1 atom stereocenters. The van der Waals surface area contributed by atoms with Crippen LogP contribution in [0.2, 0.25) is 0 Å². The first kappa shape index (κ1) is 18.7. The molecule has 1 fully saturated rings.